The van der Waals surface area contributed by atoms with E-state index in [0.29, 0.717) is 22.2 Å². The van der Waals surface area contributed by atoms with Crippen LogP contribution in [0, 0.1) is 0 Å². The fourth-order valence-electron chi connectivity index (χ4n) is 1.63. The van der Waals surface area contributed by atoms with Crippen LogP contribution < -0.4 is 0 Å². The van der Waals surface area contributed by atoms with E-state index in [-0.39, 0.29) is 0 Å². The molecule has 0 radical (unpaired) electrons. The van der Waals surface area contributed by atoms with Gasteiger partial charge in [-0.3, -0.25) is 4.98 Å². The number of nitrogens with zero attached hydrogens (tertiary/aromatic N) is 1. The molecule has 1 aromatic heterocycles. The highest BCUT2D eigenvalue weighted by Crippen LogP contribution is 2.27. The Morgan fingerprint density at radius 2 is 2.00 bits per heavy atom. The van der Waals surface area contributed by atoms with Gasteiger partial charge in [-0.2, -0.15) is 0 Å². The predicted octanol–water partition coefficient (Wildman–Crippen LogP) is 4.43. The number of hydrogen-bond acceptors (Lipinski definition) is 2. The predicted molar refractivity (Wildman–Crippen MR) is 77.1 cm³/mol. The molecule has 1 N–H and O–H groups in total. The molecule has 2 aromatic rings. The maximum absolute atomic E-state index is 10.1. The first kappa shape index (κ1) is 13.8. The lowest BCUT2D eigenvalue weighted by molar-refractivity contribution is 0.173. The monoisotopic (exact) mass is 345 g/mol. The van der Waals surface area contributed by atoms with Crippen molar-refractivity contribution in [3.05, 3.63) is 62.3 Å². The van der Waals surface area contributed by atoms with Crippen LogP contribution in [0.4, 0.5) is 0 Å². The summed E-state index contributed by atoms with van der Waals surface area (Å²) in [6.45, 7) is 0. The van der Waals surface area contributed by atoms with Gasteiger partial charge in [0.15, 0.2) is 0 Å². The molecule has 0 saturated heterocycles. The normalized spacial score (nSPS) is 12.4. The van der Waals surface area contributed by atoms with E-state index in [0.717, 1.165) is 10.0 Å². The van der Waals surface area contributed by atoms with E-state index in [1.54, 1.807) is 24.4 Å². The molecule has 1 unspecified atom stereocenters. The number of pyridine rings is 1. The summed E-state index contributed by atoms with van der Waals surface area (Å²) in [5.41, 5.74) is 1.53. The Morgan fingerprint density at radius 3 is 2.67 bits per heavy atom. The molecule has 0 bridgehead atoms. The first-order valence-corrected chi connectivity index (χ1v) is 6.85. The van der Waals surface area contributed by atoms with Crippen LogP contribution in [0.1, 0.15) is 17.4 Å². The van der Waals surface area contributed by atoms with Crippen molar-refractivity contribution in [1.29, 1.82) is 0 Å². The van der Waals surface area contributed by atoms with Crippen LogP contribution >= 0.6 is 39.1 Å². The van der Waals surface area contributed by atoms with Gasteiger partial charge in [0.1, 0.15) is 6.10 Å². The molecular formula is C13H10BrCl2NO. The van der Waals surface area contributed by atoms with E-state index in [1.807, 2.05) is 12.1 Å². The van der Waals surface area contributed by atoms with Gasteiger partial charge in [0, 0.05) is 17.1 Å². The molecule has 0 aliphatic carbocycles. The average molecular weight is 347 g/mol. The van der Waals surface area contributed by atoms with Crippen LogP contribution in [-0.4, -0.2) is 10.1 Å². The molecule has 0 aliphatic heterocycles. The van der Waals surface area contributed by atoms with Crippen molar-refractivity contribution >= 4 is 39.1 Å². The summed E-state index contributed by atoms with van der Waals surface area (Å²) in [7, 11) is 0. The lowest BCUT2D eigenvalue weighted by atomic mass is 10.1. The fourth-order valence-corrected chi connectivity index (χ4v) is 2.47. The van der Waals surface area contributed by atoms with Gasteiger partial charge >= 0.3 is 0 Å². The Labute approximate surface area is 124 Å². The van der Waals surface area contributed by atoms with Crippen LogP contribution in [0.15, 0.2) is 41.0 Å². The van der Waals surface area contributed by atoms with Crippen molar-refractivity contribution in [3.8, 4) is 0 Å². The summed E-state index contributed by atoms with van der Waals surface area (Å²) in [5, 5.41) is 11.1. The van der Waals surface area contributed by atoms with Crippen LogP contribution in [0.5, 0.6) is 0 Å². The Hall–Kier alpha value is -0.610. The van der Waals surface area contributed by atoms with Crippen molar-refractivity contribution in [3.63, 3.8) is 0 Å². The van der Waals surface area contributed by atoms with Gasteiger partial charge in [-0.1, -0.05) is 29.3 Å². The Balaban J connectivity index is 2.19. The Kier molecular flexibility index (Phi) is 4.62. The van der Waals surface area contributed by atoms with Gasteiger partial charge in [0.25, 0.3) is 0 Å². The number of rotatable bonds is 3. The van der Waals surface area contributed by atoms with Crippen LogP contribution in [-0.2, 0) is 6.42 Å². The van der Waals surface area contributed by atoms with Gasteiger partial charge in [-0.25, -0.2) is 0 Å². The van der Waals surface area contributed by atoms with Crippen molar-refractivity contribution < 1.29 is 5.11 Å². The topological polar surface area (TPSA) is 33.1 Å². The van der Waals surface area contributed by atoms with Crippen LogP contribution in [0.25, 0.3) is 0 Å². The Bertz CT molecular complexity index is 562. The van der Waals surface area contributed by atoms with E-state index in [1.165, 1.54) is 0 Å². The second kappa shape index (κ2) is 6.02. The smallest absolute Gasteiger partial charge is 0.101 e. The first-order chi connectivity index (χ1) is 8.58. The highest BCUT2D eigenvalue weighted by atomic mass is 79.9. The molecule has 0 amide bonds. The zero-order valence-corrected chi connectivity index (χ0v) is 12.4. The minimum atomic E-state index is -0.683. The molecule has 1 heterocycles. The third kappa shape index (κ3) is 3.23. The lowest BCUT2D eigenvalue weighted by Gasteiger charge is -2.12. The maximum Gasteiger partial charge on any atom is 0.101 e. The maximum atomic E-state index is 10.1. The van der Waals surface area contributed by atoms with Gasteiger partial charge in [-0.05, 0) is 45.8 Å². The van der Waals surface area contributed by atoms with Gasteiger partial charge in [0.05, 0.1) is 15.7 Å². The largest absolute Gasteiger partial charge is 0.386 e. The fraction of sp³-hybridized carbons (Fsp3) is 0.154. The number of halogens is 3. The van der Waals surface area contributed by atoms with Crippen molar-refractivity contribution in [1.82, 2.24) is 4.98 Å². The molecule has 1 atom stereocenters. The van der Waals surface area contributed by atoms with E-state index >= 15 is 0 Å². The van der Waals surface area contributed by atoms with Crippen molar-refractivity contribution in [2.75, 3.05) is 0 Å². The Morgan fingerprint density at radius 1 is 1.22 bits per heavy atom. The molecule has 0 saturated carbocycles. The molecule has 2 nitrogen and oxygen atoms in total. The summed E-state index contributed by atoms with van der Waals surface area (Å²) >= 11 is 15.1. The summed E-state index contributed by atoms with van der Waals surface area (Å²) in [5.74, 6) is 0. The standard InChI is InChI=1S/C13H10BrCl2NO/c14-9-2-1-5-17-13(9)12(18)7-8-3-4-10(15)11(16)6-8/h1-6,12,18H,7H2. The molecule has 0 aliphatic rings. The van der Waals surface area contributed by atoms with Crippen LogP contribution in [0.2, 0.25) is 10.0 Å². The molecular weight excluding hydrogens is 337 g/mol. The SMILES string of the molecule is OC(Cc1ccc(Cl)c(Cl)c1)c1ncccc1Br. The zero-order valence-electron chi connectivity index (χ0n) is 9.28. The van der Waals surface area contributed by atoms with Gasteiger partial charge in [-0.15, -0.1) is 0 Å². The molecule has 1 aromatic carbocycles. The van der Waals surface area contributed by atoms with E-state index in [2.05, 4.69) is 20.9 Å². The number of aromatic nitrogens is 1. The summed E-state index contributed by atoms with van der Waals surface area (Å²) in [4.78, 5) is 4.16. The minimum absolute atomic E-state index is 0.437. The number of hydrogen-bond donors (Lipinski definition) is 1. The number of aliphatic hydroxyl groups excluding tert-OH is 1. The van der Waals surface area contributed by atoms with E-state index in [4.69, 9.17) is 23.2 Å². The molecule has 18 heavy (non-hydrogen) atoms. The van der Waals surface area contributed by atoms with Crippen LogP contribution in [0.3, 0.4) is 0 Å². The summed E-state index contributed by atoms with van der Waals surface area (Å²) in [6.07, 6.45) is 1.41. The number of benzene rings is 1. The quantitative estimate of drug-likeness (QED) is 0.891. The van der Waals surface area contributed by atoms with Crippen molar-refractivity contribution in [2.24, 2.45) is 0 Å². The van der Waals surface area contributed by atoms with E-state index < -0.39 is 6.10 Å². The second-order valence-electron chi connectivity index (χ2n) is 3.84. The van der Waals surface area contributed by atoms with E-state index in [9.17, 15) is 5.11 Å². The third-order valence-electron chi connectivity index (χ3n) is 2.52. The van der Waals surface area contributed by atoms with Crippen molar-refractivity contribution in [2.45, 2.75) is 12.5 Å². The molecule has 0 spiro atoms. The second-order valence-corrected chi connectivity index (χ2v) is 5.51. The minimum Gasteiger partial charge on any atom is -0.386 e. The summed E-state index contributed by atoms with van der Waals surface area (Å²) < 4.78 is 0.789. The molecule has 0 fully saturated rings. The lowest BCUT2D eigenvalue weighted by Crippen LogP contribution is -2.05. The zero-order chi connectivity index (χ0) is 13.1. The summed E-state index contributed by atoms with van der Waals surface area (Å²) in [6, 6.07) is 8.97. The molecule has 5 heteroatoms. The molecule has 2 rings (SSSR count). The highest BCUT2D eigenvalue weighted by molar-refractivity contribution is 9.10. The van der Waals surface area contributed by atoms with Gasteiger partial charge < -0.3 is 5.11 Å². The van der Waals surface area contributed by atoms with Gasteiger partial charge in [0.2, 0.25) is 0 Å². The number of aliphatic hydroxyl groups is 1. The third-order valence-corrected chi connectivity index (χ3v) is 3.93. The highest BCUT2D eigenvalue weighted by Gasteiger charge is 2.13. The average Bonchev–Trinajstić information content (AvgIpc) is 2.34. The molecule has 94 valence electrons. The first-order valence-electron chi connectivity index (χ1n) is 5.30.